The normalized spacial score (nSPS) is 11.0. The molecule has 140 valence electrons. The number of nitrogens with one attached hydrogen (secondary N) is 1. The average Bonchev–Trinajstić information content (AvgIpc) is 2.62. The number of hydrogen-bond donors (Lipinski definition) is 2. The summed E-state index contributed by atoms with van der Waals surface area (Å²) in [6.07, 6.45) is 0. The summed E-state index contributed by atoms with van der Waals surface area (Å²) >= 11 is 0. The van der Waals surface area contributed by atoms with Crippen molar-refractivity contribution < 1.29 is 29.0 Å². The molecule has 0 saturated heterocycles. The quantitative estimate of drug-likeness (QED) is 0.649. The van der Waals surface area contributed by atoms with Crippen LogP contribution in [0.3, 0.4) is 0 Å². The van der Waals surface area contributed by atoms with E-state index in [2.05, 4.69) is 5.32 Å². The first kappa shape index (κ1) is 20.8. The van der Waals surface area contributed by atoms with Crippen LogP contribution in [0.1, 0.15) is 19.4 Å². The first-order valence-corrected chi connectivity index (χ1v) is 7.77. The number of amides is 2. The molecule has 0 aliphatic carbocycles. The molecule has 1 aromatic carbocycles. The lowest BCUT2D eigenvalue weighted by Gasteiger charge is -2.26. The Kier molecular flexibility index (Phi) is 7.89. The van der Waals surface area contributed by atoms with Crippen molar-refractivity contribution in [2.45, 2.75) is 19.9 Å². The van der Waals surface area contributed by atoms with E-state index in [0.29, 0.717) is 5.56 Å². The summed E-state index contributed by atoms with van der Waals surface area (Å²) in [5.41, 5.74) is 0.372. The lowest BCUT2D eigenvalue weighted by atomic mass is 10.2. The Labute approximate surface area is 151 Å². The monoisotopic (exact) mass is 363 g/mol. The maximum absolute atomic E-state index is 12.4. The zero-order valence-electron chi connectivity index (χ0n) is 14.8. The van der Waals surface area contributed by atoms with E-state index in [4.69, 9.17) is 19.8 Å². The highest BCUT2D eigenvalue weighted by Gasteiger charge is 2.25. The number of methoxy groups -OCH3 is 1. The van der Waals surface area contributed by atoms with Gasteiger partial charge in [-0.2, -0.15) is 5.26 Å². The van der Waals surface area contributed by atoms with E-state index in [9.17, 15) is 14.4 Å². The third-order valence-electron chi connectivity index (χ3n) is 3.52. The third-order valence-corrected chi connectivity index (χ3v) is 3.52. The minimum Gasteiger partial charge on any atom is -0.493 e. The molecule has 0 spiro atoms. The Morgan fingerprint density at radius 2 is 2.04 bits per heavy atom. The van der Waals surface area contributed by atoms with E-state index in [1.807, 2.05) is 6.07 Å². The van der Waals surface area contributed by atoms with Gasteiger partial charge >= 0.3 is 5.97 Å². The Balaban J connectivity index is 2.81. The molecule has 0 aliphatic rings. The lowest BCUT2D eigenvalue weighted by Crippen LogP contribution is -2.48. The van der Waals surface area contributed by atoms with Gasteiger partial charge in [-0.15, -0.1) is 0 Å². The van der Waals surface area contributed by atoms with E-state index >= 15 is 0 Å². The van der Waals surface area contributed by atoms with Crippen LogP contribution in [-0.2, 0) is 14.4 Å². The van der Waals surface area contributed by atoms with Crippen LogP contribution in [0.15, 0.2) is 18.2 Å². The van der Waals surface area contributed by atoms with Gasteiger partial charge in [0.15, 0.2) is 18.1 Å². The van der Waals surface area contributed by atoms with Crippen molar-refractivity contribution >= 4 is 17.8 Å². The van der Waals surface area contributed by atoms with E-state index < -0.39 is 24.5 Å². The highest BCUT2D eigenvalue weighted by atomic mass is 16.5. The van der Waals surface area contributed by atoms with Crippen LogP contribution >= 0.6 is 0 Å². The van der Waals surface area contributed by atoms with Crippen LogP contribution in [0.5, 0.6) is 11.5 Å². The molecule has 0 heterocycles. The highest BCUT2D eigenvalue weighted by Crippen LogP contribution is 2.27. The molecule has 0 saturated carbocycles. The molecule has 0 fully saturated rings. The first-order chi connectivity index (χ1) is 12.3. The van der Waals surface area contributed by atoms with Crippen LogP contribution in [0.2, 0.25) is 0 Å². The lowest BCUT2D eigenvalue weighted by molar-refractivity contribution is -0.150. The summed E-state index contributed by atoms with van der Waals surface area (Å²) in [5.74, 6) is -1.47. The summed E-state index contributed by atoms with van der Waals surface area (Å²) in [6.45, 7) is 2.43. The van der Waals surface area contributed by atoms with Crippen molar-refractivity contribution in [1.29, 1.82) is 5.26 Å². The van der Waals surface area contributed by atoms with Crippen LogP contribution in [-0.4, -0.2) is 60.6 Å². The first-order valence-electron chi connectivity index (χ1n) is 7.77. The molecule has 1 atom stereocenters. The van der Waals surface area contributed by atoms with Crippen molar-refractivity contribution in [1.82, 2.24) is 10.2 Å². The number of carboxylic acids is 1. The van der Waals surface area contributed by atoms with E-state index in [-0.39, 0.29) is 30.5 Å². The molecule has 0 aromatic heterocycles. The zero-order valence-corrected chi connectivity index (χ0v) is 14.8. The second-order valence-corrected chi connectivity index (χ2v) is 5.35. The molecule has 2 amide bonds. The van der Waals surface area contributed by atoms with Crippen LogP contribution in [0.4, 0.5) is 0 Å². The molecule has 26 heavy (non-hydrogen) atoms. The minimum atomic E-state index is -1.17. The fraction of sp³-hybridized carbons (Fsp3) is 0.412. The zero-order chi connectivity index (χ0) is 19.7. The largest absolute Gasteiger partial charge is 0.493 e. The SMILES string of the molecule is COc1cc(C#N)ccc1OCC(=O)N(CCNC(C)=O)C(C)C(=O)O. The predicted molar refractivity (Wildman–Crippen MR) is 90.7 cm³/mol. The molecule has 0 radical (unpaired) electrons. The summed E-state index contributed by atoms with van der Waals surface area (Å²) in [4.78, 5) is 35.7. The summed E-state index contributed by atoms with van der Waals surface area (Å²) in [5, 5.41) is 20.6. The van der Waals surface area contributed by atoms with Gasteiger partial charge in [0.25, 0.3) is 5.91 Å². The second kappa shape index (κ2) is 9.88. The van der Waals surface area contributed by atoms with Gasteiger partial charge in [-0.25, -0.2) is 4.79 Å². The van der Waals surface area contributed by atoms with Crippen molar-refractivity contribution in [3.63, 3.8) is 0 Å². The number of nitrogens with zero attached hydrogens (tertiary/aromatic N) is 2. The van der Waals surface area contributed by atoms with Crippen molar-refractivity contribution in [3.05, 3.63) is 23.8 Å². The molecule has 9 nitrogen and oxygen atoms in total. The fourth-order valence-corrected chi connectivity index (χ4v) is 2.10. The number of ether oxygens (including phenoxy) is 2. The number of hydrogen-bond acceptors (Lipinski definition) is 6. The smallest absolute Gasteiger partial charge is 0.326 e. The molecule has 1 rings (SSSR count). The Morgan fingerprint density at radius 3 is 2.58 bits per heavy atom. The summed E-state index contributed by atoms with van der Waals surface area (Å²) in [6, 6.07) is 5.35. The highest BCUT2D eigenvalue weighted by molar-refractivity contribution is 5.84. The number of nitriles is 1. The minimum absolute atomic E-state index is 0.0275. The number of rotatable bonds is 9. The molecule has 0 bridgehead atoms. The van der Waals surface area contributed by atoms with Gasteiger partial charge in [0.2, 0.25) is 5.91 Å². The topological polar surface area (TPSA) is 129 Å². The number of aliphatic carboxylic acids is 1. The van der Waals surface area contributed by atoms with Crippen molar-refractivity contribution in [2.75, 3.05) is 26.8 Å². The van der Waals surface area contributed by atoms with Crippen LogP contribution in [0.25, 0.3) is 0 Å². The third kappa shape index (κ3) is 5.98. The van der Waals surface area contributed by atoms with E-state index in [0.717, 1.165) is 4.90 Å². The number of carbonyl (C=O) groups excluding carboxylic acids is 2. The summed E-state index contributed by atoms with van der Waals surface area (Å²) in [7, 11) is 1.40. The predicted octanol–water partition coefficient (Wildman–Crippen LogP) is 0.383. The van der Waals surface area contributed by atoms with Crippen molar-refractivity contribution in [3.8, 4) is 17.6 Å². The van der Waals surface area contributed by atoms with Gasteiger partial charge in [-0.3, -0.25) is 9.59 Å². The Morgan fingerprint density at radius 1 is 1.35 bits per heavy atom. The van der Waals surface area contributed by atoms with E-state index in [1.54, 1.807) is 0 Å². The van der Waals surface area contributed by atoms with Gasteiger partial charge < -0.3 is 24.8 Å². The standard InChI is InChI=1S/C17H21N3O6/c1-11(17(23)24)20(7-6-19-12(2)21)16(22)10-26-14-5-4-13(9-18)8-15(14)25-3/h4-5,8,11H,6-7,10H2,1-3H3,(H,19,21)(H,23,24). The molecule has 1 aromatic rings. The molecule has 2 N–H and O–H groups in total. The summed E-state index contributed by atoms with van der Waals surface area (Å²) < 4.78 is 10.5. The fourth-order valence-electron chi connectivity index (χ4n) is 2.10. The number of benzene rings is 1. The van der Waals surface area contributed by atoms with Gasteiger partial charge in [-0.05, 0) is 19.1 Å². The Bertz CT molecular complexity index is 713. The molecule has 1 unspecified atom stereocenters. The molecular weight excluding hydrogens is 342 g/mol. The van der Waals surface area contributed by atoms with Gasteiger partial charge in [0.1, 0.15) is 6.04 Å². The number of carboxylic acid groups (broad SMARTS) is 1. The molecule has 9 heteroatoms. The van der Waals surface area contributed by atoms with Gasteiger partial charge in [0, 0.05) is 26.1 Å². The Hall–Kier alpha value is -3.28. The molecule has 0 aliphatic heterocycles. The second-order valence-electron chi connectivity index (χ2n) is 5.35. The average molecular weight is 363 g/mol. The van der Waals surface area contributed by atoms with E-state index in [1.165, 1.54) is 39.2 Å². The maximum Gasteiger partial charge on any atom is 0.326 e. The maximum atomic E-state index is 12.4. The molecular formula is C17H21N3O6. The number of carbonyl (C=O) groups is 3. The van der Waals surface area contributed by atoms with Crippen LogP contribution < -0.4 is 14.8 Å². The van der Waals surface area contributed by atoms with Crippen LogP contribution in [0, 0.1) is 11.3 Å². The van der Waals surface area contributed by atoms with Crippen molar-refractivity contribution in [2.24, 2.45) is 0 Å². The van der Waals surface area contributed by atoms with Gasteiger partial charge in [-0.1, -0.05) is 0 Å². The van der Waals surface area contributed by atoms with Gasteiger partial charge in [0.05, 0.1) is 18.7 Å².